The lowest BCUT2D eigenvalue weighted by Gasteiger charge is -2.37. The second-order valence-corrected chi connectivity index (χ2v) is 10.5. The highest BCUT2D eigenvalue weighted by Gasteiger charge is 2.41. The molecule has 27 heavy (non-hydrogen) atoms. The van der Waals surface area contributed by atoms with E-state index < -0.39 is 7.92 Å². The highest BCUT2D eigenvalue weighted by atomic mass is 31.1. The fourth-order valence-corrected chi connectivity index (χ4v) is 7.67. The van der Waals surface area contributed by atoms with Gasteiger partial charge in [-0.3, -0.25) is 4.79 Å². The second-order valence-electron chi connectivity index (χ2n) is 8.08. The summed E-state index contributed by atoms with van der Waals surface area (Å²) in [6.45, 7) is 8.55. The SMILES string of the molecule is CC(C)N(C(=O)C1CCC[C@H]1P(c1ccccc1)c1ccccc1)C(C)C. The van der Waals surface area contributed by atoms with Gasteiger partial charge in [0.25, 0.3) is 0 Å². The highest BCUT2D eigenvalue weighted by Crippen LogP contribution is 2.50. The number of hydrogen-bond acceptors (Lipinski definition) is 1. The van der Waals surface area contributed by atoms with Crippen LogP contribution in [0.4, 0.5) is 0 Å². The van der Waals surface area contributed by atoms with E-state index in [9.17, 15) is 4.79 Å². The van der Waals surface area contributed by atoms with Gasteiger partial charge in [0.1, 0.15) is 0 Å². The Hall–Kier alpha value is -1.66. The molecule has 3 rings (SSSR count). The predicted octanol–water partition coefficient (Wildman–Crippen LogP) is 4.93. The minimum Gasteiger partial charge on any atom is -0.338 e. The summed E-state index contributed by atoms with van der Waals surface area (Å²) in [4.78, 5) is 15.6. The van der Waals surface area contributed by atoms with Crippen LogP contribution in [0.25, 0.3) is 0 Å². The molecule has 0 N–H and O–H groups in total. The molecule has 1 saturated carbocycles. The molecule has 3 heteroatoms. The third-order valence-electron chi connectivity index (χ3n) is 5.56. The maximum Gasteiger partial charge on any atom is 0.226 e. The summed E-state index contributed by atoms with van der Waals surface area (Å²) in [5, 5.41) is 2.79. The molecular formula is C24H32NOP. The molecule has 0 bridgehead atoms. The van der Waals surface area contributed by atoms with E-state index >= 15 is 0 Å². The van der Waals surface area contributed by atoms with Crippen molar-refractivity contribution in [2.75, 3.05) is 0 Å². The molecule has 1 unspecified atom stereocenters. The number of nitrogens with zero attached hydrogens (tertiary/aromatic N) is 1. The fourth-order valence-electron chi connectivity index (χ4n) is 4.54. The third-order valence-corrected chi connectivity index (χ3v) is 8.55. The summed E-state index contributed by atoms with van der Waals surface area (Å²) in [5.74, 6) is 0.503. The van der Waals surface area contributed by atoms with E-state index in [4.69, 9.17) is 0 Å². The van der Waals surface area contributed by atoms with Crippen molar-refractivity contribution in [1.82, 2.24) is 4.90 Å². The van der Waals surface area contributed by atoms with Gasteiger partial charge in [-0.25, -0.2) is 0 Å². The standard InChI is InChI=1S/C24H32NOP/c1-18(2)25(19(3)4)24(26)22-16-11-17-23(22)27(20-12-7-5-8-13-20)21-14-9-6-10-15-21/h5-10,12-15,18-19,22-23H,11,16-17H2,1-4H3/t22?,23-/m1/s1. The minimum absolute atomic E-state index is 0.140. The van der Waals surface area contributed by atoms with E-state index in [0.717, 1.165) is 19.3 Å². The van der Waals surface area contributed by atoms with Crippen molar-refractivity contribution < 1.29 is 4.79 Å². The monoisotopic (exact) mass is 381 g/mol. The molecule has 0 saturated heterocycles. The number of carbonyl (C=O) groups excluding carboxylic acids is 1. The Bertz CT molecular complexity index is 681. The fraction of sp³-hybridized carbons (Fsp3) is 0.458. The first kappa shape index (κ1) is 20.1. The third kappa shape index (κ3) is 4.43. The summed E-state index contributed by atoms with van der Waals surface area (Å²) in [6.07, 6.45) is 3.33. The Morgan fingerprint density at radius 3 is 1.78 bits per heavy atom. The van der Waals surface area contributed by atoms with Gasteiger partial charge in [-0.1, -0.05) is 67.1 Å². The smallest absolute Gasteiger partial charge is 0.226 e. The number of carbonyl (C=O) groups is 1. The van der Waals surface area contributed by atoms with Crippen LogP contribution in [-0.4, -0.2) is 28.5 Å². The van der Waals surface area contributed by atoms with Crippen molar-refractivity contribution in [2.24, 2.45) is 5.92 Å². The molecule has 0 aromatic heterocycles. The molecule has 2 nitrogen and oxygen atoms in total. The molecule has 1 fully saturated rings. The predicted molar refractivity (Wildman–Crippen MR) is 117 cm³/mol. The molecule has 1 amide bonds. The van der Waals surface area contributed by atoms with Crippen LogP contribution in [0.1, 0.15) is 47.0 Å². The summed E-state index contributed by atoms with van der Waals surface area (Å²) < 4.78 is 0. The van der Waals surface area contributed by atoms with Gasteiger partial charge >= 0.3 is 0 Å². The first-order valence-corrected chi connectivity index (χ1v) is 11.6. The Labute approximate surface area is 165 Å². The quantitative estimate of drug-likeness (QED) is 0.650. The first-order chi connectivity index (χ1) is 13.0. The van der Waals surface area contributed by atoms with Crippen molar-refractivity contribution in [3.8, 4) is 0 Å². The van der Waals surface area contributed by atoms with Gasteiger partial charge in [-0.2, -0.15) is 0 Å². The molecule has 0 heterocycles. The van der Waals surface area contributed by atoms with Gasteiger partial charge in [0.05, 0.1) is 0 Å². The molecule has 1 aliphatic carbocycles. The largest absolute Gasteiger partial charge is 0.338 e. The van der Waals surface area contributed by atoms with Crippen molar-refractivity contribution in [1.29, 1.82) is 0 Å². The zero-order chi connectivity index (χ0) is 19.4. The van der Waals surface area contributed by atoms with Crippen molar-refractivity contribution in [3.05, 3.63) is 60.7 Å². The van der Waals surface area contributed by atoms with Crippen molar-refractivity contribution in [3.63, 3.8) is 0 Å². The number of hydrogen-bond donors (Lipinski definition) is 0. The molecule has 144 valence electrons. The average molecular weight is 382 g/mol. The van der Waals surface area contributed by atoms with Gasteiger partial charge in [0.15, 0.2) is 0 Å². The lowest BCUT2D eigenvalue weighted by Crippen LogP contribution is -2.47. The van der Waals surface area contributed by atoms with E-state index in [-0.39, 0.29) is 18.0 Å². The zero-order valence-corrected chi connectivity index (χ0v) is 17.9. The average Bonchev–Trinajstić information content (AvgIpc) is 3.12. The minimum atomic E-state index is -0.535. The van der Waals surface area contributed by atoms with E-state index in [1.165, 1.54) is 10.6 Å². The molecule has 1 aliphatic rings. The number of rotatable bonds is 6. The normalized spacial score (nSPS) is 19.8. The highest BCUT2D eigenvalue weighted by molar-refractivity contribution is 7.73. The summed E-state index contributed by atoms with van der Waals surface area (Å²) in [5.41, 5.74) is 0.428. The maximum absolute atomic E-state index is 13.5. The van der Waals surface area contributed by atoms with Crippen molar-refractivity contribution in [2.45, 2.75) is 64.7 Å². The lowest BCUT2D eigenvalue weighted by atomic mass is 10.0. The molecule has 2 aromatic carbocycles. The summed E-state index contributed by atoms with van der Waals surface area (Å²) >= 11 is 0. The van der Waals surface area contributed by atoms with Gasteiger partial charge in [0.2, 0.25) is 5.91 Å². The molecule has 0 spiro atoms. The van der Waals surface area contributed by atoms with Crippen LogP contribution in [0.15, 0.2) is 60.7 Å². The van der Waals surface area contributed by atoms with Crippen LogP contribution >= 0.6 is 7.92 Å². The zero-order valence-electron chi connectivity index (χ0n) is 17.0. The van der Waals surface area contributed by atoms with E-state index in [2.05, 4.69) is 93.3 Å². The van der Waals surface area contributed by atoms with E-state index in [0.29, 0.717) is 11.6 Å². The molecule has 2 atom stereocenters. The Balaban J connectivity index is 1.98. The topological polar surface area (TPSA) is 20.3 Å². The van der Waals surface area contributed by atoms with Crippen LogP contribution in [-0.2, 0) is 4.79 Å². The summed E-state index contributed by atoms with van der Waals surface area (Å²) in [6, 6.07) is 22.2. The second kappa shape index (κ2) is 9.02. The number of benzene rings is 2. The van der Waals surface area contributed by atoms with Gasteiger partial charge in [-0.15, -0.1) is 0 Å². The van der Waals surface area contributed by atoms with Gasteiger partial charge in [-0.05, 0) is 64.7 Å². The van der Waals surface area contributed by atoms with Crippen LogP contribution in [0.3, 0.4) is 0 Å². The molecule has 0 radical (unpaired) electrons. The maximum atomic E-state index is 13.5. The Morgan fingerprint density at radius 2 is 1.33 bits per heavy atom. The van der Waals surface area contributed by atoms with Crippen molar-refractivity contribution >= 4 is 24.4 Å². The molecular weight excluding hydrogens is 349 g/mol. The van der Waals surface area contributed by atoms with Crippen LogP contribution < -0.4 is 10.6 Å². The molecule has 2 aromatic rings. The number of amides is 1. The van der Waals surface area contributed by atoms with Crippen LogP contribution in [0, 0.1) is 5.92 Å². The van der Waals surface area contributed by atoms with Crippen LogP contribution in [0.2, 0.25) is 0 Å². The van der Waals surface area contributed by atoms with Gasteiger partial charge in [0, 0.05) is 18.0 Å². The van der Waals surface area contributed by atoms with E-state index in [1.807, 2.05) is 0 Å². The summed E-state index contributed by atoms with van der Waals surface area (Å²) in [7, 11) is -0.535. The first-order valence-electron chi connectivity index (χ1n) is 10.2. The van der Waals surface area contributed by atoms with E-state index in [1.54, 1.807) is 0 Å². The van der Waals surface area contributed by atoms with Crippen LogP contribution in [0.5, 0.6) is 0 Å². The lowest BCUT2D eigenvalue weighted by molar-refractivity contribution is -0.138. The Kier molecular flexibility index (Phi) is 6.71. The van der Waals surface area contributed by atoms with Gasteiger partial charge < -0.3 is 4.90 Å². The Morgan fingerprint density at radius 1 is 0.852 bits per heavy atom. The molecule has 0 aliphatic heterocycles.